The van der Waals surface area contributed by atoms with E-state index in [4.69, 9.17) is 4.74 Å². The van der Waals surface area contributed by atoms with E-state index < -0.39 is 18.1 Å². The maximum Gasteiger partial charge on any atom is 0.328 e. The van der Waals surface area contributed by atoms with Gasteiger partial charge in [-0.15, -0.1) is 0 Å². The van der Waals surface area contributed by atoms with Gasteiger partial charge in [0.05, 0.1) is 13.2 Å². The van der Waals surface area contributed by atoms with Gasteiger partial charge in [-0.05, 0) is 24.6 Å². The molecule has 0 spiro atoms. The summed E-state index contributed by atoms with van der Waals surface area (Å²) in [5.74, 6) is -0.765. The van der Waals surface area contributed by atoms with E-state index in [1.165, 1.54) is 12.0 Å². The highest BCUT2D eigenvalue weighted by Crippen LogP contribution is 2.24. The van der Waals surface area contributed by atoms with Gasteiger partial charge >= 0.3 is 5.97 Å². The number of halogens is 1. The van der Waals surface area contributed by atoms with E-state index in [1.54, 1.807) is 6.07 Å². The third-order valence-corrected chi connectivity index (χ3v) is 3.94. The van der Waals surface area contributed by atoms with Crippen LogP contribution in [0.25, 0.3) is 0 Å². The number of esters is 1. The van der Waals surface area contributed by atoms with Gasteiger partial charge in [0.2, 0.25) is 0 Å². The van der Waals surface area contributed by atoms with Crippen molar-refractivity contribution in [2.24, 2.45) is 0 Å². The Kier molecular flexibility index (Phi) is 4.45. The molecule has 0 bridgehead atoms. The second kappa shape index (κ2) is 5.93. The Bertz CT molecular complexity index is 546. The molecule has 2 rings (SSSR count). The number of aliphatic hydroxyl groups is 1. The van der Waals surface area contributed by atoms with Gasteiger partial charge in [0.15, 0.2) is 0 Å². The fourth-order valence-electron chi connectivity index (χ4n) is 2.38. The lowest BCUT2D eigenvalue weighted by atomic mass is 10.1. The second-order valence-electron chi connectivity index (χ2n) is 4.85. The Balaban J connectivity index is 2.31. The first-order valence-electron chi connectivity index (χ1n) is 6.27. The van der Waals surface area contributed by atoms with Crippen LogP contribution < -0.4 is 0 Å². The lowest BCUT2D eigenvalue weighted by Crippen LogP contribution is -2.41. The zero-order chi connectivity index (χ0) is 14.9. The molecule has 20 heavy (non-hydrogen) atoms. The molecule has 1 aromatic rings. The van der Waals surface area contributed by atoms with Crippen LogP contribution in [0.1, 0.15) is 22.3 Å². The maximum atomic E-state index is 12.6. The van der Waals surface area contributed by atoms with Crippen LogP contribution in [-0.2, 0) is 9.53 Å². The van der Waals surface area contributed by atoms with Gasteiger partial charge in [0.1, 0.15) is 6.04 Å². The lowest BCUT2D eigenvalue weighted by Gasteiger charge is -2.23. The van der Waals surface area contributed by atoms with Crippen molar-refractivity contribution in [1.82, 2.24) is 4.90 Å². The second-order valence-corrected chi connectivity index (χ2v) is 5.76. The van der Waals surface area contributed by atoms with Crippen molar-refractivity contribution in [2.45, 2.75) is 25.5 Å². The molecule has 1 aliphatic heterocycles. The van der Waals surface area contributed by atoms with Crippen LogP contribution in [0.2, 0.25) is 0 Å². The SMILES string of the molecule is COC(=O)C1CC(O)CN1C(=O)c1cc(Br)ccc1C. The average Bonchev–Trinajstić information content (AvgIpc) is 2.82. The minimum atomic E-state index is -0.721. The third-order valence-electron chi connectivity index (χ3n) is 3.44. The summed E-state index contributed by atoms with van der Waals surface area (Å²) < 4.78 is 5.49. The first-order valence-corrected chi connectivity index (χ1v) is 7.06. The molecule has 1 N–H and O–H groups in total. The largest absolute Gasteiger partial charge is 0.467 e. The first-order chi connectivity index (χ1) is 9.43. The van der Waals surface area contributed by atoms with Crippen LogP contribution in [0.5, 0.6) is 0 Å². The van der Waals surface area contributed by atoms with E-state index in [9.17, 15) is 14.7 Å². The van der Waals surface area contributed by atoms with Gasteiger partial charge < -0.3 is 14.7 Å². The number of likely N-dealkylation sites (tertiary alicyclic amines) is 1. The summed E-state index contributed by atoms with van der Waals surface area (Å²) in [5.41, 5.74) is 1.34. The van der Waals surface area contributed by atoms with Crippen molar-refractivity contribution in [3.8, 4) is 0 Å². The summed E-state index contributed by atoms with van der Waals surface area (Å²) in [7, 11) is 1.28. The van der Waals surface area contributed by atoms with Gasteiger partial charge in [0, 0.05) is 23.0 Å². The highest BCUT2D eigenvalue weighted by molar-refractivity contribution is 9.10. The average molecular weight is 342 g/mol. The van der Waals surface area contributed by atoms with Crippen LogP contribution in [0.3, 0.4) is 0 Å². The molecule has 0 aliphatic carbocycles. The summed E-state index contributed by atoms with van der Waals surface area (Å²) in [6.07, 6.45) is -0.485. The number of benzene rings is 1. The number of ether oxygens (including phenoxy) is 1. The number of amides is 1. The van der Waals surface area contributed by atoms with Crippen molar-refractivity contribution in [2.75, 3.05) is 13.7 Å². The van der Waals surface area contributed by atoms with Gasteiger partial charge in [-0.2, -0.15) is 0 Å². The standard InChI is InChI=1S/C14H16BrNO4/c1-8-3-4-9(15)5-11(8)13(18)16-7-10(17)6-12(16)14(19)20-2/h3-5,10,12,17H,6-7H2,1-2H3. The van der Waals surface area contributed by atoms with Gasteiger partial charge in [-0.25, -0.2) is 4.79 Å². The van der Waals surface area contributed by atoms with E-state index in [-0.39, 0.29) is 18.9 Å². The molecule has 5 nitrogen and oxygen atoms in total. The van der Waals surface area contributed by atoms with Crippen molar-refractivity contribution in [3.63, 3.8) is 0 Å². The molecule has 0 radical (unpaired) electrons. The zero-order valence-corrected chi connectivity index (χ0v) is 12.9. The fourth-order valence-corrected chi connectivity index (χ4v) is 2.74. The molecule has 108 valence electrons. The third kappa shape index (κ3) is 2.86. The minimum absolute atomic E-state index is 0.143. The Morgan fingerprint density at radius 2 is 2.15 bits per heavy atom. The van der Waals surface area contributed by atoms with E-state index in [1.807, 2.05) is 19.1 Å². The number of nitrogens with zero attached hydrogens (tertiary/aromatic N) is 1. The van der Waals surface area contributed by atoms with E-state index in [2.05, 4.69) is 15.9 Å². The number of aliphatic hydroxyl groups excluding tert-OH is 1. The van der Waals surface area contributed by atoms with E-state index >= 15 is 0 Å². The summed E-state index contributed by atoms with van der Waals surface area (Å²) in [6.45, 7) is 1.98. The van der Waals surface area contributed by atoms with Crippen molar-refractivity contribution >= 4 is 27.8 Å². The van der Waals surface area contributed by atoms with E-state index in [0.717, 1.165) is 10.0 Å². The lowest BCUT2D eigenvalue weighted by molar-refractivity contribution is -0.145. The molecule has 1 aliphatic rings. The predicted molar refractivity (Wildman–Crippen MR) is 76.3 cm³/mol. The van der Waals surface area contributed by atoms with Crippen LogP contribution >= 0.6 is 15.9 Å². The molecule has 1 fully saturated rings. The molecule has 1 heterocycles. The highest BCUT2D eigenvalue weighted by atomic mass is 79.9. The van der Waals surface area contributed by atoms with Crippen LogP contribution in [0.4, 0.5) is 0 Å². The molecule has 1 saturated heterocycles. The van der Waals surface area contributed by atoms with Gasteiger partial charge in [-0.3, -0.25) is 4.79 Å². The molecule has 2 unspecified atom stereocenters. The molecule has 1 amide bonds. The Hall–Kier alpha value is -1.40. The summed E-state index contributed by atoms with van der Waals surface area (Å²) in [6, 6.07) is 4.68. The molecule has 0 saturated carbocycles. The number of aryl methyl sites for hydroxylation is 1. The number of carbonyl (C=O) groups excluding carboxylic acids is 2. The summed E-state index contributed by atoms with van der Waals surface area (Å²) in [4.78, 5) is 25.7. The van der Waals surface area contributed by atoms with Crippen molar-refractivity contribution < 1.29 is 19.4 Å². The highest BCUT2D eigenvalue weighted by Gasteiger charge is 2.40. The minimum Gasteiger partial charge on any atom is -0.467 e. The van der Waals surface area contributed by atoms with Crippen molar-refractivity contribution in [1.29, 1.82) is 0 Å². The number of hydrogen-bond acceptors (Lipinski definition) is 4. The van der Waals surface area contributed by atoms with Crippen molar-refractivity contribution in [3.05, 3.63) is 33.8 Å². The Labute approximate surface area is 125 Å². The number of hydrogen-bond donors (Lipinski definition) is 1. The number of rotatable bonds is 2. The van der Waals surface area contributed by atoms with E-state index in [0.29, 0.717) is 5.56 Å². The van der Waals surface area contributed by atoms with Gasteiger partial charge in [-0.1, -0.05) is 22.0 Å². The number of methoxy groups -OCH3 is 1. The number of carbonyl (C=O) groups is 2. The number of β-amino-alcohol motifs (C(OH)–C–C–N with tert-alkyl or cyclic N) is 1. The Morgan fingerprint density at radius 1 is 1.45 bits per heavy atom. The fraction of sp³-hybridized carbons (Fsp3) is 0.429. The summed E-state index contributed by atoms with van der Waals surface area (Å²) in [5, 5.41) is 9.72. The van der Waals surface area contributed by atoms with Crippen LogP contribution in [-0.4, -0.2) is 47.7 Å². The van der Waals surface area contributed by atoms with Crippen LogP contribution in [0, 0.1) is 6.92 Å². The van der Waals surface area contributed by atoms with Crippen LogP contribution in [0.15, 0.2) is 22.7 Å². The molecular weight excluding hydrogens is 326 g/mol. The molecule has 2 atom stereocenters. The zero-order valence-electron chi connectivity index (χ0n) is 11.3. The quantitative estimate of drug-likeness (QED) is 0.828. The summed E-state index contributed by atoms with van der Waals surface area (Å²) >= 11 is 3.33. The monoisotopic (exact) mass is 341 g/mol. The van der Waals surface area contributed by atoms with Gasteiger partial charge in [0.25, 0.3) is 5.91 Å². The molecule has 6 heteroatoms. The maximum absolute atomic E-state index is 12.6. The predicted octanol–water partition coefficient (Wildman–Crippen LogP) is 1.51. The normalized spacial score (nSPS) is 21.9. The Morgan fingerprint density at radius 3 is 2.80 bits per heavy atom. The molecule has 1 aromatic carbocycles. The smallest absolute Gasteiger partial charge is 0.328 e. The molecule has 0 aromatic heterocycles. The first kappa shape index (κ1) is 15.0. The molecular formula is C14H16BrNO4. The topological polar surface area (TPSA) is 66.8 Å².